The number of halogens is 9. The van der Waals surface area contributed by atoms with Gasteiger partial charge in [-0.1, -0.05) is 0 Å². The van der Waals surface area contributed by atoms with Crippen molar-refractivity contribution in [1.29, 1.82) is 0 Å². The van der Waals surface area contributed by atoms with Crippen LogP contribution in [-0.2, 0) is 18.5 Å². The molecule has 15 heteroatoms. The number of aromatic carboxylic acids is 1. The lowest BCUT2D eigenvalue weighted by molar-refractivity contribution is -0.144. The molecule has 0 amide bonds. The minimum atomic E-state index is -5.18. The third-order valence-electron chi connectivity index (χ3n) is 3.82. The first kappa shape index (κ1) is 22.6. The van der Waals surface area contributed by atoms with E-state index in [1.807, 2.05) is 0 Å². The molecule has 3 aromatic rings. The van der Waals surface area contributed by atoms with E-state index >= 15 is 0 Å². The number of hydrogen-bond donors (Lipinski definition) is 1. The van der Waals surface area contributed by atoms with E-state index in [0.29, 0.717) is 29.7 Å². The van der Waals surface area contributed by atoms with Crippen molar-refractivity contribution in [2.75, 3.05) is 0 Å². The summed E-state index contributed by atoms with van der Waals surface area (Å²) in [6.07, 6.45) is -15.0. The summed E-state index contributed by atoms with van der Waals surface area (Å²) in [7, 11) is 0. The predicted octanol–water partition coefficient (Wildman–Crippen LogP) is 5.75. The van der Waals surface area contributed by atoms with Crippen LogP contribution in [0, 0.1) is 0 Å². The highest BCUT2D eigenvalue weighted by Crippen LogP contribution is 2.40. The number of carbonyl (C=O) groups is 1. The van der Waals surface area contributed by atoms with Crippen molar-refractivity contribution in [1.82, 2.24) is 14.8 Å². The number of aromatic nitrogens is 3. The Morgan fingerprint density at radius 3 is 1.90 bits per heavy atom. The second-order valence-corrected chi connectivity index (χ2v) is 6.77. The molecule has 1 N–H and O–H groups in total. The van der Waals surface area contributed by atoms with Gasteiger partial charge in [0.15, 0.2) is 5.69 Å². The van der Waals surface area contributed by atoms with Crippen molar-refractivity contribution in [2.45, 2.75) is 18.5 Å². The van der Waals surface area contributed by atoms with E-state index in [9.17, 15) is 44.3 Å². The Morgan fingerprint density at radius 1 is 0.903 bits per heavy atom. The van der Waals surface area contributed by atoms with Gasteiger partial charge in [-0.25, -0.2) is 14.5 Å². The smallest absolute Gasteiger partial charge is 0.434 e. The minimum absolute atomic E-state index is 0.106. The standard InChI is InChI=1S/C16H6F9N3O2S/c17-14(18,19)7-1-6(2-8(3-7)15(20,21)22)10-5-31-13(27-10)28-11(16(23,24)25)9(4-26-28)12(29)30/h1-5H,(H,29,30). The second kappa shape index (κ2) is 7.25. The van der Waals surface area contributed by atoms with Crippen LogP contribution in [0.1, 0.15) is 27.2 Å². The Bertz CT molecular complexity index is 1110. The molecule has 0 aliphatic rings. The van der Waals surface area contributed by atoms with Gasteiger partial charge in [-0.05, 0) is 18.2 Å². The van der Waals surface area contributed by atoms with Crippen LogP contribution >= 0.6 is 11.3 Å². The molecule has 0 spiro atoms. The number of carboxylic acids is 1. The highest BCUT2D eigenvalue weighted by molar-refractivity contribution is 7.12. The van der Waals surface area contributed by atoms with E-state index in [2.05, 4.69) is 10.1 Å². The number of alkyl halides is 9. The molecular weight excluding hydrogens is 469 g/mol. The van der Waals surface area contributed by atoms with E-state index in [1.165, 1.54) is 0 Å². The van der Waals surface area contributed by atoms with Crippen LogP contribution in [0.25, 0.3) is 16.4 Å². The number of nitrogens with zero attached hydrogens (tertiary/aromatic N) is 3. The van der Waals surface area contributed by atoms with Crippen molar-refractivity contribution in [2.24, 2.45) is 0 Å². The molecule has 2 heterocycles. The Morgan fingerprint density at radius 2 is 1.45 bits per heavy atom. The van der Waals surface area contributed by atoms with Crippen LogP contribution in [0.5, 0.6) is 0 Å². The van der Waals surface area contributed by atoms with Crippen LogP contribution in [0.4, 0.5) is 39.5 Å². The summed E-state index contributed by atoms with van der Waals surface area (Å²) in [6.45, 7) is 0. The lowest BCUT2D eigenvalue weighted by Gasteiger charge is -2.13. The average molecular weight is 475 g/mol. The molecule has 0 saturated heterocycles. The summed E-state index contributed by atoms with van der Waals surface area (Å²) in [5.74, 6) is -1.94. The first-order chi connectivity index (χ1) is 14.1. The summed E-state index contributed by atoms with van der Waals surface area (Å²) >= 11 is 0.413. The molecule has 0 aliphatic carbocycles. The SMILES string of the molecule is O=C(O)c1cnn(-c2nc(-c3cc(C(F)(F)F)cc(C(F)(F)F)c3)cs2)c1C(F)(F)F. The largest absolute Gasteiger partial charge is 0.478 e. The zero-order valence-corrected chi connectivity index (χ0v) is 15.2. The Kier molecular flexibility index (Phi) is 5.28. The Hall–Kier alpha value is -3.10. The van der Waals surface area contributed by atoms with Crippen molar-refractivity contribution in [3.8, 4) is 16.4 Å². The number of rotatable bonds is 3. The fraction of sp³-hybridized carbons (Fsp3) is 0.188. The summed E-state index contributed by atoms with van der Waals surface area (Å²) < 4.78 is 118. The van der Waals surface area contributed by atoms with Gasteiger partial charge in [-0.2, -0.15) is 44.6 Å². The van der Waals surface area contributed by atoms with Crippen molar-refractivity contribution < 1.29 is 49.4 Å². The fourth-order valence-electron chi connectivity index (χ4n) is 2.52. The van der Waals surface area contributed by atoms with Crippen LogP contribution in [-0.4, -0.2) is 25.8 Å². The first-order valence-corrected chi connectivity index (χ1v) is 8.61. The highest BCUT2D eigenvalue weighted by atomic mass is 32.1. The zero-order chi connectivity index (χ0) is 23.4. The normalized spacial score (nSPS) is 12.9. The van der Waals surface area contributed by atoms with Gasteiger partial charge >= 0.3 is 24.5 Å². The van der Waals surface area contributed by atoms with E-state index in [-0.39, 0.29) is 10.7 Å². The summed E-state index contributed by atoms with van der Waals surface area (Å²) in [4.78, 5) is 14.7. The first-order valence-electron chi connectivity index (χ1n) is 7.73. The lowest BCUT2D eigenvalue weighted by Crippen LogP contribution is -2.17. The second-order valence-electron chi connectivity index (χ2n) is 5.93. The van der Waals surface area contributed by atoms with Gasteiger partial charge in [0.2, 0.25) is 5.13 Å². The highest BCUT2D eigenvalue weighted by Gasteiger charge is 2.41. The van der Waals surface area contributed by atoms with Crippen molar-refractivity contribution >= 4 is 17.3 Å². The van der Waals surface area contributed by atoms with Gasteiger partial charge < -0.3 is 5.11 Å². The molecule has 0 radical (unpaired) electrons. The number of carboxylic acid groups (broad SMARTS) is 1. The Balaban J connectivity index is 2.15. The molecule has 2 aromatic heterocycles. The molecule has 0 bridgehead atoms. The minimum Gasteiger partial charge on any atom is -0.478 e. The van der Waals surface area contributed by atoms with E-state index in [4.69, 9.17) is 5.11 Å². The van der Waals surface area contributed by atoms with Gasteiger partial charge in [0.05, 0.1) is 23.0 Å². The molecule has 0 fully saturated rings. The summed E-state index contributed by atoms with van der Waals surface area (Å²) in [6, 6.07) is 0.625. The molecular formula is C16H6F9N3O2S. The number of hydrogen-bond acceptors (Lipinski definition) is 4. The van der Waals surface area contributed by atoms with Crippen LogP contribution in [0.2, 0.25) is 0 Å². The van der Waals surface area contributed by atoms with Crippen LogP contribution in [0.15, 0.2) is 29.8 Å². The van der Waals surface area contributed by atoms with Gasteiger partial charge in [-0.15, -0.1) is 11.3 Å². The molecule has 0 atom stereocenters. The molecule has 3 rings (SSSR count). The van der Waals surface area contributed by atoms with Gasteiger partial charge in [0, 0.05) is 10.9 Å². The third-order valence-corrected chi connectivity index (χ3v) is 4.64. The summed E-state index contributed by atoms with van der Waals surface area (Å²) in [5, 5.41) is 12.5. The molecule has 166 valence electrons. The van der Waals surface area contributed by atoms with E-state index < -0.39 is 63.3 Å². The molecule has 31 heavy (non-hydrogen) atoms. The zero-order valence-electron chi connectivity index (χ0n) is 14.4. The van der Waals surface area contributed by atoms with Crippen molar-refractivity contribution in [3.05, 3.63) is 52.2 Å². The van der Waals surface area contributed by atoms with Crippen LogP contribution in [0.3, 0.4) is 0 Å². The molecule has 0 aliphatic heterocycles. The van der Waals surface area contributed by atoms with E-state index in [1.54, 1.807) is 0 Å². The predicted molar refractivity (Wildman–Crippen MR) is 86.6 cm³/mol. The van der Waals surface area contributed by atoms with Crippen LogP contribution < -0.4 is 0 Å². The third kappa shape index (κ3) is 4.50. The van der Waals surface area contributed by atoms with Gasteiger partial charge in [0.25, 0.3) is 0 Å². The maximum Gasteiger partial charge on any atom is 0.434 e. The quantitative estimate of drug-likeness (QED) is 0.490. The summed E-state index contributed by atoms with van der Waals surface area (Å²) in [5.41, 5.74) is -7.31. The topological polar surface area (TPSA) is 68.0 Å². The van der Waals surface area contributed by atoms with E-state index in [0.717, 1.165) is 5.38 Å². The lowest BCUT2D eigenvalue weighted by atomic mass is 10.0. The van der Waals surface area contributed by atoms with Crippen molar-refractivity contribution in [3.63, 3.8) is 0 Å². The monoisotopic (exact) mass is 475 g/mol. The maximum absolute atomic E-state index is 13.3. The number of thiazole rings is 1. The van der Waals surface area contributed by atoms with Gasteiger partial charge in [-0.3, -0.25) is 0 Å². The molecule has 5 nitrogen and oxygen atoms in total. The molecule has 0 saturated carbocycles. The molecule has 1 aromatic carbocycles. The number of benzene rings is 1. The molecule has 0 unspecified atom stereocenters. The average Bonchev–Trinajstić information content (AvgIpc) is 3.26. The van der Waals surface area contributed by atoms with Gasteiger partial charge in [0.1, 0.15) is 5.56 Å². The fourth-order valence-corrected chi connectivity index (χ4v) is 3.31. The Labute approximate surface area is 169 Å². The maximum atomic E-state index is 13.3.